The number of hydrogen-bond donors (Lipinski definition) is 2. The van der Waals surface area contributed by atoms with Gasteiger partial charge in [0.2, 0.25) is 5.91 Å². The maximum atomic E-state index is 13.1. The molecule has 4 nitrogen and oxygen atoms in total. The molecule has 1 aromatic carbocycles. The number of halogens is 4. The molecular formula is C14H10F4N2O2S. The molecule has 1 heterocycles. The number of amides is 2. The summed E-state index contributed by atoms with van der Waals surface area (Å²) in [4.78, 5) is 22.8. The van der Waals surface area contributed by atoms with E-state index in [0.717, 1.165) is 41.7 Å². The third-order valence-electron chi connectivity index (χ3n) is 2.91. The fraction of sp³-hybridized carbons (Fsp3) is 0.143. The average molecular weight is 346 g/mol. The van der Waals surface area contributed by atoms with E-state index in [1.54, 1.807) is 0 Å². The van der Waals surface area contributed by atoms with Crippen LogP contribution in [0.3, 0.4) is 0 Å². The van der Waals surface area contributed by atoms with Gasteiger partial charge in [-0.3, -0.25) is 9.59 Å². The van der Waals surface area contributed by atoms with E-state index in [1.165, 1.54) is 5.38 Å². The van der Waals surface area contributed by atoms with Crippen LogP contribution >= 0.6 is 11.3 Å². The summed E-state index contributed by atoms with van der Waals surface area (Å²) in [7, 11) is 0. The first-order valence-electron chi connectivity index (χ1n) is 6.20. The van der Waals surface area contributed by atoms with Gasteiger partial charge in [0.15, 0.2) is 6.04 Å². The molecule has 0 aliphatic carbocycles. The minimum Gasteiger partial charge on any atom is -0.366 e. The van der Waals surface area contributed by atoms with Crippen molar-refractivity contribution < 1.29 is 27.2 Å². The molecule has 9 heteroatoms. The highest BCUT2D eigenvalue weighted by molar-refractivity contribution is 7.12. The Morgan fingerprint density at radius 3 is 2.26 bits per heavy atom. The Bertz CT molecular complexity index is 725. The molecule has 0 spiro atoms. The van der Waals surface area contributed by atoms with Gasteiger partial charge in [0, 0.05) is 5.38 Å². The van der Waals surface area contributed by atoms with Crippen LogP contribution in [0.1, 0.15) is 31.6 Å². The summed E-state index contributed by atoms with van der Waals surface area (Å²) in [5.74, 6) is -2.48. The van der Waals surface area contributed by atoms with E-state index in [1.807, 2.05) is 5.32 Å². The first kappa shape index (κ1) is 16.9. The second-order valence-corrected chi connectivity index (χ2v) is 5.47. The lowest BCUT2D eigenvalue weighted by Gasteiger charge is -2.21. The molecule has 1 atom stereocenters. The summed E-state index contributed by atoms with van der Waals surface area (Å²) in [6.07, 6.45) is -4.77. The summed E-state index contributed by atoms with van der Waals surface area (Å²) in [5, 5.41) is 3.11. The normalized spacial score (nSPS) is 12.7. The fourth-order valence-electron chi connectivity index (χ4n) is 1.80. The molecule has 2 aromatic rings. The van der Waals surface area contributed by atoms with Crippen molar-refractivity contribution in [2.75, 3.05) is 0 Å². The first-order chi connectivity index (χ1) is 10.7. The number of rotatable bonds is 4. The van der Waals surface area contributed by atoms with Crippen molar-refractivity contribution in [3.05, 3.63) is 57.5 Å². The molecule has 3 N–H and O–H groups in total. The summed E-state index contributed by atoms with van der Waals surface area (Å²) >= 11 is 0.796. The highest BCUT2D eigenvalue weighted by Crippen LogP contribution is 2.33. The zero-order valence-electron chi connectivity index (χ0n) is 11.4. The standard InChI is InChI=1S/C14H10F4N2O2S/c15-9-3-1-7(2-4-9)11(14(16,17)18)20-13(22)10-5-8(6-23-10)12(19)21/h1-6,11H,(H2,19,21)(H,20,22)/t11-/m1/s1. The number of thiophene rings is 1. The smallest absolute Gasteiger partial charge is 0.366 e. The number of alkyl halides is 3. The van der Waals surface area contributed by atoms with Crippen LogP contribution in [0.4, 0.5) is 17.6 Å². The summed E-state index contributed by atoms with van der Waals surface area (Å²) in [6.45, 7) is 0. The van der Waals surface area contributed by atoms with Gasteiger partial charge in [-0.25, -0.2) is 4.39 Å². The summed E-state index contributed by atoms with van der Waals surface area (Å²) < 4.78 is 52.3. The monoisotopic (exact) mass is 346 g/mol. The van der Waals surface area contributed by atoms with E-state index in [0.29, 0.717) is 0 Å². The minimum atomic E-state index is -4.77. The molecule has 2 amide bonds. The zero-order valence-corrected chi connectivity index (χ0v) is 12.2. The van der Waals surface area contributed by atoms with E-state index in [2.05, 4.69) is 0 Å². The van der Waals surface area contributed by atoms with Gasteiger partial charge in [0.25, 0.3) is 5.91 Å². The van der Waals surface area contributed by atoms with Gasteiger partial charge in [-0.2, -0.15) is 13.2 Å². The van der Waals surface area contributed by atoms with Gasteiger partial charge < -0.3 is 11.1 Å². The molecule has 0 aliphatic heterocycles. The predicted octanol–water partition coefficient (Wildman–Crippen LogP) is 3.02. The predicted molar refractivity (Wildman–Crippen MR) is 75.5 cm³/mol. The highest BCUT2D eigenvalue weighted by atomic mass is 32.1. The number of nitrogens with two attached hydrogens (primary N) is 1. The maximum Gasteiger partial charge on any atom is 0.412 e. The number of benzene rings is 1. The average Bonchev–Trinajstić information content (AvgIpc) is 2.94. The van der Waals surface area contributed by atoms with Crippen LogP contribution in [-0.2, 0) is 0 Å². The summed E-state index contributed by atoms with van der Waals surface area (Å²) in [5.41, 5.74) is 4.75. The lowest BCUT2D eigenvalue weighted by Crippen LogP contribution is -2.37. The Morgan fingerprint density at radius 2 is 1.78 bits per heavy atom. The molecule has 0 aliphatic rings. The zero-order chi connectivity index (χ0) is 17.2. The summed E-state index contributed by atoms with van der Waals surface area (Å²) in [6, 6.07) is 2.44. The largest absolute Gasteiger partial charge is 0.412 e. The SMILES string of the molecule is NC(=O)c1csc(C(=O)N[C@H](c2ccc(F)cc2)C(F)(F)F)c1. The van der Waals surface area contributed by atoms with Crippen LogP contribution in [-0.4, -0.2) is 18.0 Å². The first-order valence-corrected chi connectivity index (χ1v) is 7.08. The quantitative estimate of drug-likeness (QED) is 0.836. The molecule has 2 rings (SSSR count). The van der Waals surface area contributed by atoms with E-state index >= 15 is 0 Å². The number of carbonyl (C=O) groups excluding carboxylic acids is 2. The van der Waals surface area contributed by atoms with Crippen molar-refractivity contribution in [1.29, 1.82) is 0 Å². The topological polar surface area (TPSA) is 72.2 Å². The van der Waals surface area contributed by atoms with Gasteiger partial charge >= 0.3 is 6.18 Å². The molecule has 23 heavy (non-hydrogen) atoms. The van der Waals surface area contributed by atoms with Gasteiger partial charge in [-0.15, -0.1) is 11.3 Å². The maximum absolute atomic E-state index is 13.1. The molecular weight excluding hydrogens is 336 g/mol. The Kier molecular flexibility index (Phi) is 4.69. The Labute approximate surface area is 131 Å². The second-order valence-electron chi connectivity index (χ2n) is 4.56. The van der Waals surface area contributed by atoms with Crippen molar-refractivity contribution in [2.24, 2.45) is 5.73 Å². The van der Waals surface area contributed by atoms with Gasteiger partial charge in [-0.1, -0.05) is 12.1 Å². The third kappa shape index (κ3) is 4.07. The van der Waals surface area contributed by atoms with Crippen LogP contribution in [0.25, 0.3) is 0 Å². The second kappa shape index (κ2) is 6.37. The third-order valence-corrected chi connectivity index (χ3v) is 3.84. The molecule has 0 saturated heterocycles. The fourth-order valence-corrected chi connectivity index (χ4v) is 2.60. The Hall–Kier alpha value is -2.42. The molecule has 0 fully saturated rings. The van der Waals surface area contributed by atoms with Crippen LogP contribution in [0, 0.1) is 5.82 Å². The molecule has 0 unspecified atom stereocenters. The van der Waals surface area contributed by atoms with Crippen molar-refractivity contribution in [1.82, 2.24) is 5.32 Å². The molecule has 1 aromatic heterocycles. The minimum absolute atomic E-state index is 0.0329. The Morgan fingerprint density at radius 1 is 1.17 bits per heavy atom. The van der Waals surface area contributed by atoms with Crippen LogP contribution in [0.15, 0.2) is 35.7 Å². The van der Waals surface area contributed by atoms with E-state index in [9.17, 15) is 27.2 Å². The van der Waals surface area contributed by atoms with Gasteiger partial charge in [-0.05, 0) is 23.8 Å². The van der Waals surface area contributed by atoms with Crippen LogP contribution < -0.4 is 11.1 Å². The van der Waals surface area contributed by atoms with Crippen molar-refractivity contribution in [3.63, 3.8) is 0 Å². The van der Waals surface area contributed by atoms with E-state index in [-0.39, 0.29) is 16.0 Å². The lowest BCUT2D eigenvalue weighted by molar-refractivity contribution is -0.155. The number of primary amides is 1. The van der Waals surface area contributed by atoms with Crippen molar-refractivity contribution >= 4 is 23.2 Å². The van der Waals surface area contributed by atoms with Crippen LogP contribution in [0.5, 0.6) is 0 Å². The molecule has 0 saturated carbocycles. The number of hydrogen-bond acceptors (Lipinski definition) is 3. The van der Waals surface area contributed by atoms with E-state index < -0.39 is 29.8 Å². The Balaban J connectivity index is 2.25. The van der Waals surface area contributed by atoms with Crippen molar-refractivity contribution in [2.45, 2.75) is 12.2 Å². The number of carbonyl (C=O) groups is 2. The van der Waals surface area contributed by atoms with E-state index in [4.69, 9.17) is 5.73 Å². The molecule has 0 bridgehead atoms. The number of nitrogens with one attached hydrogen (secondary N) is 1. The highest BCUT2D eigenvalue weighted by Gasteiger charge is 2.42. The van der Waals surface area contributed by atoms with Gasteiger partial charge in [0.1, 0.15) is 5.82 Å². The van der Waals surface area contributed by atoms with Gasteiger partial charge in [0.05, 0.1) is 10.4 Å². The van der Waals surface area contributed by atoms with Crippen LogP contribution in [0.2, 0.25) is 0 Å². The molecule has 0 radical (unpaired) electrons. The molecule has 122 valence electrons. The van der Waals surface area contributed by atoms with Crippen molar-refractivity contribution in [3.8, 4) is 0 Å². The lowest BCUT2D eigenvalue weighted by atomic mass is 10.1.